The van der Waals surface area contributed by atoms with Gasteiger partial charge >= 0.3 is 0 Å². The number of benzene rings is 2. The lowest BCUT2D eigenvalue weighted by molar-refractivity contribution is -0.121. The Balaban J connectivity index is 1.54. The van der Waals surface area contributed by atoms with Gasteiger partial charge in [0.05, 0.1) is 10.9 Å². The van der Waals surface area contributed by atoms with Crippen LogP contribution in [0, 0.1) is 4.77 Å². The van der Waals surface area contributed by atoms with Crippen LogP contribution in [0.25, 0.3) is 10.9 Å². The Morgan fingerprint density at radius 1 is 1.03 bits per heavy atom. The molecule has 0 spiro atoms. The number of fused-ring (bicyclic) bond motifs is 1. The predicted molar refractivity (Wildman–Crippen MR) is 120 cm³/mol. The Morgan fingerprint density at radius 2 is 1.77 bits per heavy atom. The fourth-order valence-corrected chi connectivity index (χ4v) is 3.35. The molecule has 0 aliphatic rings. The average Bonchev–Trinajstić information content (AvgIpc) is 2.73. The Bertz CT molecular complexity index is 1170. The predicted octanol–water partition coefficient (Wildman–Crippen LogP) is 3.50. The second kappa shape index (κ2) is 9.98. The van der Waals surface area contributed by atoms with Gasteiger partial charge < -0.3 is 15.6 Å². The Kier molecular flexibility index (Phi) is 7.13. The van der Waals surface area contributed by atoms with E-state index < -0.39 is 0 Å². The van der Waals surface area contributed by atoms with E-state index in [1.54, 1.807) is 18.2 Å². The van der Waals surface area contributed by atoms with Crippen molar-refractivity contribution in [3.8, 4) is 0 Å². The summed E-state index contributed by atoms with van der Waals surface area (Å²) in [6.07, 6.45) is 1.43. The summed E-state index contributed by atoms with van der Waals surface area (Å²) in [5, 5.41) is 6.20. The molecule has 3 aromatic rings. The maximum atomic E-state index is 12.6. The Hall–Kier alpha value is -3.26. The van der Waals surface area contributed by atoms with Gasteiger partial charge in [0.15, 0.2) is 4.77 Å². The third kappa shape index (κ3) is 5.42. The summed E-state index contributed by atoms with van der Waals surface area (Å²) in [5.74, 6) is -0.189. The Labute approximate surface area is 179 Å². The lowest BCUT2D eigenvalue weighted by Crippen LogP contribution is -2.28. The molecule has 0 aliphatic carbocycles. The number of H-pyrrole nitrogens is 1. The second-order valence-electron chi connectivity index (χ2n) is 6.95. The number of amides is 2. The number of carbonyl (C=O) groups excluding carboxylic acids is 2. The van der Waals surface area contributed by atoms with Crippen LogP contribution in [-0.4, -0.2) is 21.4 Å². The first-order valence-electron chi connectivity index (χ1n) is 9.85. The normalized spacial score (nSPS) is 10.7. The number of hydrogen-bond acceptors (Lipinski definition) is 4. The van der Waals surface area contributed by atoms with E-state index in [-0.39, 0.29) is 30.3 Å². The molecule has 0 aliphatic heterocycles. The minimum Gasteiger partial charge on any atom is -0.352 e. The van der Waals surface area contributed by atoms with Crippen molar-refractivity contribution < 1.29 is 9.59 Å². The van der Waals surface area contributed by atoms with Gasteiger partial charge in [0, 0.05) is 31.6 Å². The molecule has 156 valence electrons. The molecular weight excluding hydrogens is 400 g/mol. The molecule has 0 fully saturated rings. The third-order valence-corrected chi connectivity index (χ3v) is 4.98. The number of aromatic amines is 1. The van der Waals surface area contributed by atoms with Crippen molar-refractivity contribution in [1.29, 1.82) is 0 Å². The van der Waals surface area contributed by atoms with Crippen LogP contribution in [0.3, 0.4) is 0 Å². The highest BCUT2D eigenvalue weighted by Crippen LogP contribution is 2.10. The van der Waals surface area contributed by atoms with Crippen molar-refractivity contribution in [1.82, 2.24) is 14.9 Å². The number of aromatic nitrogens is 2. The maximum Gasteiger partial charge on any atom is 0.262 e. The van der Waals surface area contributed by atoms with Gasteiger partial charge in [0.25, 0.3) is 5.56 Å². The first-order valence-corrected chi connectivity index (χ1v) is 10.3. The highest BCUT2D eigenvalue weighted by molar-refractivity contribution is 7.71. The van der Waals surface area contributed by atoms with Crippen molar-refractivity contribution in [2.24, 2.45) is 0 Å². The lowest BCUT2D eigenvalue weighted by atomic mass is 10.2. The van der Waals surface area contributed by atoms with Crippen LogP contribution in [-0.2, 0) is 22.7 Å². The zero-order valence-corrected chi connectivity index (χ0v) is 17.6. The standard InChI is InChI=1S/C22H24N4O3S/c1-2-5-20(28)24-16-10-8-15(9-11-16)14-23-19(27)12-13-26-21(29)17-6-3-4-7-18(17)25-22(26)30/h3-4,6-11H,2,5,12-14H2,1H3,(H,23,27)(H,24,28)(H,25,30). The van der Waals surface area contributed by atoms with Crippen LogP contribution in [0.4, 0.5) is 5.69 Å². The summed E-state index contributed by atoms with van der Waals surface area (Å²) in [6, 6.07) is 14.5. The second-order valence-corrected chi connectivity index (χ2v) is 7.34. The van der Waals surface area contributed by atoms with E-state index >= 15 is 0 Å². The molecule has 2 aromatic carbocycles. The van der Waals surface area contributed by atoms with Gasteiger partial charge in [-0.05, 0) is 48.5 Å². The van der Waals surface area contributed by atoms with Crippen molar-refractivity contribution in [2.75, 3.05) is 5.32 Å². The number of nitrogens with zero attached hydrogens (tertiary/aromatic N) is 1. The molecule has 0 bridgehead atoms. The monoisotopic (exact) mass is 424 g/mol. The van der Waals surface area contributed by atoms with Crippen molar-refractivity contribution in [2.45, 2.75) is 39.3 Å². The fourth-order valence-electron chi connectivity index (χ4n) is 3.06. The molecule has 1 aromatic heterocycles. The van der Waals surface area contributed by atoms with Crippen molar-refractivity contribution >= 4 is 40.6 Å². The molecule has 2 amide bonds. The summed E-state index contributed by atoms with van der Waals surface area (Å²) in [6.45, 7) is 2.52. The number of hydrogen-bond donors (Lipinski definition) is 3. The van der Waals surface area contributed by atoms with E-state index in [0.29, 0.717) is 28.6 Å². The average molecular weight is 425 g/mol. The molecule has 0 radical (unpaired) electrons. The summed E-state index contributed by atoms with van der Waals surface area (Å²) in [5.41, 5.74) is 2.12. The van der Waals surface area contributed by atoms with Gasteiger partial charge in [-0.1, -0.05) is 31.2 Å². The number of nitrogens with one attached hydrogen (secondary N) is 3. The van der Waals surface area contributed by atoms with Crippen molar-refractivity contribution in [3.63, 3.8) is 0 Å². The molecule has 0 unspecified atom stereocenters. The van der Waals surface area contributed by atoms with Crippen molar-refractivity contribution in [3.05, 3.63) is 69.2 Å². The van der Waals surface area contributed by atoms with E-state index in [1.165, 1.54) is 4.57 Å². The van der Waals surface area contributed by atoms with Gasteiger partial charge in [0.1, 0.15) is 0 Å². The maximum absolute atomic E-state index is 12.6. The van der Waals surface area contributed by atoms with Gasteiger partial charge in [-0.2, -0.15) is 0 Å². The van der Waals surface area contributed by atoms with Gasteiger partial charge in [0.2, 0.25) is 11.8 Å². The molecule has 0 saturated carbocycles. The summed E-state index contributed by atoms with van der Waals surface area (Å²) in [7, 11) is 0. The minimum atomic E-state index is -0.206. The number of rotatable bonds is 8. The molecule has 7 nitrogen and oxygen atoms in total. The molecule has 8 heteroatoms. The van der Waals surface area contributed by atoms with Crippen LogP contribution in [0.2, 0.25) is 0 Å². The van der Waals surface area contributed by atoms with E-state index in [4.69, 9.17) is 12.2 Å². The molecule has 0 saturated heterocycles. The lowest BCUT2D eigenvalue weighted by Gasteiger charge is -2.09. The third-order valence-electron chi connectivity index (χ3n) is 4.66. The quantitative estimate of drug-likeness (QED) is 0.482. The van der Waals surface area contributed by atoms with Gasteiger partial charge in [-0.3, -0.25) is 19.0 Å². The van der Waals surface area contributed by atoms with E-state index in [9.17, 15) is 14.4 Å². The molecule has 1 heterocycles. The first-order chi connectivity index (χ1) is 14.5. The van der Waals surface area contributed by atoms with E-state index in [0.717, 1.165) is 17.7 Å². The largest absolute Gasteiger partial charge is 0.352 e. The topological polar surface area (TPSA) is 96.0 Å². The van der Waals surface area contributed by atoms with Crippen LogP contribution < -0.4 is 16.2 Å². The summed E-state index contributed by atoms with van der Waals surface area (Å²) >= 11 is 5.26. The van der Waals surface area contributed by atoms with E-state index in [2.05, 4.69) is 15.6 Å². The smallest absolute Gasteiger partial charge is 0.262 e. The van der Waals surface area contributed by atoms with Gasteiger partial charge in [-0.25, -0.2) is 0 Å². The highest BCUT2D eigenvalue weighted by atomic mass is 32.1. The van der Waals surface area contributed by atoms with Gasteiger partial charge in [-0.15, -0.1) is 0 Å². The number of para-hydroxylation sites is 1. The molecule has 3 rings (SSSR count). The molecule has 3 N–H and O–H groups in total. The zero-order valence-electron chi connectivity index (χ0n) is 16.7. The molecule has 0 atom stereocenters. The highest BCUT2D eigenvalue weighted by Gasteiger charge is 2.08. The number of carbonyl (C=O) groups is 2. The van der Waals surface area contributed by atoms with Crippen LogP contribution in [0.1, 0.15) is 31.7 Å². The summed E-state index contributed by atoms with van der Waals surface area (Å²) in [4.78, 5) is 39.5. The number of anilines is 1. The SMILES string of the molecule is CCCC(=O)Nc1ccc(CNC(=O)CCn2c(=S)[nH]c3ccccc3c2=O)cc1. The summed E-state index contributed by atoms with van der Waals surface area (Å²) < 4.78 is 1.71. The van der Waals surface area contributed by atoms with Crippen LogP contribution in [0.15, 0.2) is 53.3 Å². The van der Waals surface area contributed by atoms with E-state index in [1.807, 2.05) is 37.3 Å². The fraction of sp³-hybridized carbons (Fsp3) is 0.273. The van der Waals surface area contributed by atoms with Crippen LogP contribution >= 0.6 is 12.2 Å². The zero-order chi connectivity index (χ0) is 21.5. The molecule has 30 heavy (non-hydrogen) atoms. The van der Waals surface area contributed by atoms with Crippen LogP contribution in [0.5, 0.6) is 0 Å². The Morgan fingerprint density at radius 3 is 2.50 bits per heavy atom. The first kappa shape index (κ1) is 21.4. The molecular formula is C22H24N4O3S. The minimum absolute atomic E-state index is 0.0131.